The zero-order valence-electron chi connectivity index (χ0n) is 7.76. The Hall–Kier alpha value is -0.120. The molecule has 0 spiro atoms. The Morgan fingerprint density at radius 1 is 0.833 bits per heavy atom. The smallest absolute Gasteiger partial charge is 0.0507 e. The fourth-order valence-electron chi connectivity index (χ4n) is 2.06. The first-order valence-electron chi connectivity index (χ1n) is 5.10. The van der Waals surface area contributed by atoms with E-state index in [0.29, 0.717) is 0 Å². The Morgan fingerprint density at radius 3 is 2.08 bits per heavy atom. The third-order valence-corrected chi connectivity index (χ3v) is 2.81. The number of hydrogen-bond acceptors (Lipinski definition) is 3. The van der Waals surface area contributed by atoms with E-state index < -0.39 is 0 Å². The molecular weight excluding hydrogens is 150 g/mol. The van der Waals surface area contributed by atoms with E-state index in [-0.39, 0.29) is 0 Å². The summed E-state index contributed by atoms with van der Waals surface area (Å²) in [6.45, 7) is 8.67. The van der Waals surface area contributed by atoms with Gasteiger partial charge in [0.2, 0.25) is 0 Å². The Kier molecular flexibility index (Phi) is 2.98. The minimum atomic E-state index is 1.17. The van der Waals surface area contributed by atoms with E-state index in [2.05, 4.69) is 15.1 Å². The SMILES string of the molecule is C1CCN(CN2CCNCC2)C1. The molecule has 2 heterocycles. The van der Waals surface area contributed by atoms with Gasteiger partial charge in [0, 0.05) is 26.2 Å². The van der Waals surface area contributed by atoms with Gasteiger partial charge in [0.25, 0.3) is 0 Å². The predicted octanol–water partition coefficient (Wildman–Crippen LogP) is -0.0551. The lowest BCUT2D eigenvalue weighted by molar-refractivity contribution is 0.139. The second-order valence-corrected chi connectivity index (χ2v) is 3.83. The number of hydrogen-bond donors (Lipinski definition) is 1. The van der Waals surface area contributed by atoms with Crippen molar-refractivity contribution in [2.24, 2.45) is 0 Å². The highest BCUT2D eigenvalue weighted by Gasteiger charge is 2.16. The third kappa shape index (κ3) is 2.19. The standard InChI is InChI=1S/C9H19N3/c1-2-6-11(5-1)9-12-7-3-10-4-8-12/h10H,1-9H2. The van der Waals surface area contributed by atoms with Crippen LogP contribution in [0, 0.1) is 0 Å². The second-order valence-electron chi connectivity index (χ2n) is 3.83. The monoisotopic (exact) mass is 169 g/mol. The molecule has 70 valence electrons. The molecule has 2 saturated heterocycles. The van der Waals surface area contributed by atoms with E-state index in [0.717, 1.165) is 0 Å². The van der Waals surface area contributed by atoms with E-state index in [4.69, 9.17) is 0 Å². The van der Waals surface area contributed by atoms with Gasteiger partial charge in [-0.25, -0.2) is 0 Å². The van der Waals surface area contributed by atoms with Crippen LogP contribution in [0.4, 0.5) is 0 Å². The molecule has 3 nitrogen and oxygen atoms in total. The Labute approximate surface area is 74.7 Å². The van der Waals surface area contributed by atoms with Crippen molar-refractivity contribution in [2.45, 2.75) is 12.8 Å². The zero-order valence-corrected chi connectivity index (χ0v) is 7.76. The number of likely N-dealkylation sites (tertiary alicyclic amines) is 1. The van der Waals surface area contributed by atoms with Gasteiger partial charge in [0.1, 0.15) is 0 Å². The van der Waals surface area contributed by atoms with Gasteiger partial charge in [0.15, 0.2) is 0 Å². The van der Waals surface area contributed by atoms with Crippen molar-refractivity contribution < 1.29 is 0 Å². The van der Waals surface area contributed by atoms with Crippen LogP contribution < -0.4 is 5.32 Å². The van der Waals surface area contributed by atoms with Crippen LogP contribution in [-0.4, -0.2) is 55.7 Å². The quantitative estimate of drug-likeness (QED) is 0.625. The van der Waals surface area contributed by atoms with E-state index in [1.807, 2.05) is 0 Å². The molecule has 2 aliphatic heterocycles. The van der Waals surface area contributed by atoms with Crippen molar-refractivity contribution in [3.05, 3.63) is 0 Å². The summed E-state index contributed by atoms with van der Waals surface area (Å²) in [5.41, 5.74) is 0. The zero-order chi connectivity index (χ0) is 8.23. The number of rotatable bonds is 2. The number of piperazine rings is 1. The molecule has 2 rings (SSSR count). The Bertz CT molecular complexity index is 126. The maximum atomic E-state index is 3.38. The van der Waals surface area contributed by atoms with Crippen molar-refractivity contribution in [2.75, 3.05) is 45.9 Å². The molecule has 12 heavy (non-hydrogen) atoms. The van der Waals surface area contributed by atoms with Crippen molar-refractivity contribution >= 4 is 0 Å². The Morgan fingerprint density at radius 2 is 1.42 bits per heavy atom. The molecule has 3 heteroatoms. The topological polar surface area (TPSA) is 18.5 Å². The van der Waals surface area contributed by atoms with Crippen LogP contribution in [0.5, 0.6) is 0 Å². The predicted molar refractivity (Wildman–Crippen MR) is 50.1 cm³/mol. The summed E-state index contributed by atoms with van der Waals surface area (Å²) in [4.78, 5) is 5.13. The summed E-state index contributed by atoms with van der Waals surface area (Å²) < 4.78 is 0. The molecule has 0 amide bonds. The van der Waals surface area contributed by atoms with Gasteiger partial charge in [0.05, 0.1) is 6.67 Å². The first-order valence-corrected chi connectivity index (χ1v) is 5.10. The Balaban J connectivity index is 1.69. The molecule has 0 bridgehead atoms. The van der Waals surface area contributed by atoms with Crippen LogP contribution in [0.15, 0.2) is 0 Å². The first-order chi connectivity index (χ1) is 5.95. The molecule has 0 aromatic carbocycles. The molecular formula is C9H19N3. The largest absolute Gasteiger partial charge is 0.314 e. The minimum absolute atomic E-state index is 1.17. The van der Waals surface area contributed by atoms with Crippen LogP contribution >= 0.6 is 0 Å². The van der Waals surface area contributed by atoms with Crippen LogP contribution in [0.1, 0.15) is 12.8 Å². The fraction of sp³-hybridized carbons (Fsp3) is 1.00. The molecule has 2 fully saturated rings. The van der Waals surface area contributed by atoms with E-state index in [9.17, 15) is 0 Å². The van der Waals surface area contributed by atoms with Gasteiger partial charge in [-0.2, -0.15) is 0 Å². The van der Waals surface area contributed by atoms with Gasteiger partial charge in [-0.1, -0.05) is 0 Å². The second kappa shape index (κ2) is 4.21. The third-order valence-electron chi connectivity index (χ3n) is 2.81. The van der Waals surface area contributed by atoms with Gasteiger partial charge in [-0.05, 0) is 25.9 Å². The number of nitrogens with zero attached hydrogens (tertiary/aromatic N) is 2. The van der Waals surface area contributed by atoms with Gasteiger partial charge in [-0.15, -0.1) is 0 Å². The van der Waals surface area contributed by atoms with Crippen molar-refractivity contribution in [1.29, 1.82) is 0 Å². The molecule has 0 unspecified atom stereocenters. The van der Waals surface area contributed by atoms with Crippen LogP contribution in [-0.2, 0) is 0 Å². The minimum Gasteiger partial charge on any atom is -0.314 e. The maximum Gasteiger partial charge on any atom is 0.0507 e. The molecule has 0 aromatic heterocycles. The summed E-state index contributed by atoms with van der Waals surface area (Å²) in [5, 5.41) is 3.38. The molecule has 0 saturated carbocycles. The van der Waals surface area contributed by atoms with E-state index >= 15 is 0 Å². The highest BCUT2D eigenvalue weighted by molar-refractivity contribution is 4.71. The molecule has 2 aliphatic rings. The lowest BCUT2D eigenvalue weighted by Crippen LogP contribution is -2.47. The average molecular weight is 169 g/mol. The highest BCUT2D eigenvalue weighted by atomic mass is 15.3. The lowest BCUT2D eigenvalue weighted by atomic mass is 10.4. The summed E-state index contributed by atoms with van der Waals surface area (Å²) in [6.07, 6.45) is 2.82. The molecule has 0 aliphatic carbocycles. The van der Waals surface area contributed by atoms with E-state index in [1.165, 1.54) is 58.8 Å². The van der Waals surface area contributed by atoms with Crippen LogP contribution in [0.2, 0.25) is 0 Å². The molecule has 0 atom stereocenters. The maximum absolute atomic E-state index is 3.38. The lowest BCUT2D eigenvalue weighted by Gasteiger charge is -2.30. The fourth-order valence-corrected chi connectivity index (χ4v) is 2.06. The van der Waals surface area contributed by atoms with Crippen LogP contribution in [0.25, 0.3) is 0 Å². The van der Waals surface area contributed by atoms with Gasteiger partial charge in [-0.3, -0.25) is 9.80 Å². The van der Waals surface area contributed by atoms with Crippen LogP contribution in [0.3, 0.4) is 0 Å². The molecule has 1 N–H and O–H groups in total. The van der Waals surface area contributed by atoms with Crippen molar-refractivity contribution in [3.8, 4) is 0 Å². The molecule has 0 radical (unpaired) electrons. The summed E-state index contributed by atoms with van der Waals surface area (Å²) in [5.74, 6) is 0. The van der Waals surface area contributed by atoms with E-state index in [1.54, 1.807) is 0 Å². The van der Waals surface area contributed by atoms with Gasteiger partial charge < -0.3 is 5.32 Å². The summed E-state index contributed by atoms with van der Waals surface area (Å²) in [6, 6.07) is 0. The summed E-state index contributed by atoms with van der Waals surface area (Å²) in [7, 11) is 0. The normalized spacial score (nSPS) is 28.0. The number of nitrogens with one attached hydrogen (secondary N) is 1. The highest BCUT2D eigenvalue weighted by Crippen LogP contribution is 2.08. The first kappa shape index (κ1) is 8.48. The average Bonchev–Trinajstić information content (AvgIpc) is 2.59. The molecule has 0 aromatic rings. The van der Waals surface area contributed by atoms with Gasteiger partial charge >= 0.3 is 0 Å². The summed E-state index contributed by atoms with van der Waals surface area (Å²) >= 11 is 0. The van der Waals surface area contributed by atoms with Crippen molar-refractivity contribution in [1.82, 2.24) is 15.1 Å². The van der Waals surface area contributed by atoms with Crippen molar-refractivity contribution in [3.63, 3.8) is 0 Å².